The zero-order chi connectivity index (χ0) is 12.8. The van der Waals surface area contributed by atoms with Gasteiger partial charge in [0.05, 0.1) is 11.1 Å². The molecule has 4 nitrogen and oxygen atoms in total. The maximum Gasteiger partial charge on any atom is 0.116 e. The van der Waals surface area contributed by atoms with Gasteiger partial charge in [0.1, 0.15) is 11.9 Å². The number of nitrogens with zero attached hydrogens (tertiary/aromatic N) is 3. The van der Waals surface area contributed by atoms with Crippen LogP contribution >= 0.6 is 11.8 Å². The number of nitrogens with one attached hydrogen (secondary N) is 1. The second kappa shape index (κ2) is 6.17. The molecule has 1 N–H and O–H groups in total. The van der Waals surface area contributed by atoms with Gasteiger partial charge in [-0.2, -0.15) is 5.26 Å². The van der Waals surface area contributed by atoms with Gasteiger partial charge in [-0.1, -0.05) is 6.92 Å². The summed E-state index contributed by atoms with van der Waals surface area (Å²) in [6, 6.07) is 4.41. The second-order valence-corrected chi connectivity index (χ2v) is 5.93. The first-order valence-electron chi connectivity index (χ1n) is 6.37. The van der Waals surface area contributed by atoms with Crippen molar-refractivity contribution in [3.63, 3.8) is 0 Å². The van der Waals surface area contributed by atoms with Crippen molar-refractivity contribution in [3.05, 3.63) is 18.6 Å². The van der Waals surface area contributed by atoms with E-state index in [4.69, 9.17) is 0 Å². The van der Waals surface area contributed by atoms with Gasteiger partial charge in [0, 0.05) is 11.4 Å². The topological polar surface area (TPSA) is 61.6 Å². The van der Waals surface area contributed by atoms with E-state index in [9.17, 15) is 5.26 Å². The summed E-state index contributed by atoms with van der Waals surface area (Å²) in [5.41, 5.74) is -0.336. The number of aromatic nitrogens is 2. The Bertz CT molecular complexity index is 413. The lowest BCUT2D eigenvalue weighted by atomic mass is 9.82. The van der Waals surface area contributed by atoms with Crippen molar-refractivity contribution in [1.29, 1.82) is 5.26 Å². The number of rotatable bonds is 4. The average molecular weight is 262 g/mol. The van der Waals surface area contributed by atoms with Gasteiger partial charge in [-0.15, -0.1) is 11.8 Å². The Morgan fingerprint density at radius 1 is 1.67 bits per heavy atom. The van der Waals surface area contributed by atoms with Gasteiger partial charge in [-0.25, -0.2) is 9.97 Å². The molecule has 1 aromatic rings. The predicted molar refractivity (Wildman–Crippen MR) is 72.2 cm³/mol. The Kier molecular flexibility index (Phi) is 4.56. The van der Waals surface area contributed by atoms with Crippen molar-refractivity contribution in [2.45, 2.75) is 48.4 Å². The summed E-state index contributed by atoms with van der Waals surface area (Å²) in [4.78, 5) is 8.16. The highest BCUT2D eigenvalue weighted by Crippen LogP contribution is 2.37. The number of nitriles is 1. The van der Waals surface area contributed by atoms with Gasteiger partial charge in [0.15, 0.2) is 0 Å². The summed E-state index contributed by atoms with van der Waals surface area (Å²) >= 11 is 1.77. The molecular weight excluding hydrogens is 244 g/mol. The van der Waals surface area contributed by atoms with Gasteiger partial charge in [0.2, 0.25) is 0 Å². The van der Waals surface area contributed by atoms with Crippen molar-refractivity contribution < 1.29 is 0 Å². The van der Waals surface area contributed by atoms with Crippen LogP contribution in [-0.4, -0.2) is 27.3 Å². The van der Waals surface area contributed by atoms with E-state index in [0.717, 1.165) is 37.3 Å². The van der Waals surface area contributed by atoms with E-state index in [-0.39, 0.29) is 5.54 Å². The van der Waals surface area contributed by atoms with Crippen molar-refractivity contribution >= 4 is 11.8 Å². The third kappa shape index (κ3) is 3.21. The highest BCUT2D eigenvalue weighted by Gasteiger charge is 2.36. The molecule has 0 bridgehead atoms. The molecule has 1 fully saturated rings. The van der Waals surface area contributed by atoms with E-state index in [1.165, 1.54) is 0 Å². The Labute approximate surface area is 112 Å². The van der Waals surface area contributed by atoms with E-state index in [1.807, 2.05) is 6.07 Å². The Hall–Kier alpha value is -1.12. The van der Waals surface area contributed by atoms with Crippen molar-refractivity contribution in [1.82, 2.24) is 15.3 Å². The molecule has 18 heavy (non-hydrogen) atoms. The zero-order valence-corrected chi connectivity index (χ0v) is 11.4. The molecule has 2 rings (SSSR count). The van der Waals surface area contributed by atoms with Crippen LogP contribution in [0, 0.1) is 11.3 Å². The van der Waals surface area contributed by atoms with Crippen LogP contribution in [0.1, 0.15) is 32.6 Å². The van der Waals surface area contributed by atoms with Gasteiger partial charge < -0.3 is 0 Å². The van der Waals surface area contributed by atoms with Crippen LogP contribution in [0.2, 0.25) is 0 Å². The van der Waals surface area contributed by atoms with Gasteiger partial charge >= 0.3 is 0 Å². The molecule has 2 atom stereocenters. The largest absolute Gasteiger partial charge is 0.300 e. The van der Waals surface area contributed by atoms with Crippen LogP contribution in [0.3, 0.4) is 0 Å². The molecule has 1 heterocycles. The number of thioether (sulfide) groups is 1. The SMILES string of the molecule is CCNC1(C#N)CCCC(Sc2ccncn2)C1. The van der Waals surface area contributed by atoms with E-state index < -0.39 is 0 Å². The van der Waals surface area contributed by atoms with Gasteiger partial charge in [0.25, 0.3) is 0 Å². The minimum atomic E-state index is -0.336. The monoisotopic (exact) mass is 262 g/mol. The number of hydrogen-bond acceptors (Lipinski definition) is 5. The molecule has 0 saturated heterocycles. The quantitative estimate of drug-likeness (QED) is 0.844. The molecule has 5 heteroatoms. The summed E-state index contributed by atoms with van der Waals surface area (Å²) < 4.78 is 0. The average Bonchev–Trinajstić information content (AvgIpc) is 2.41. The third-order valence-corrected chi connectivity index (χ3v) is 4.50. The van der Waals surface area contributed by atoms with Crippen LogP contribution < -0.4 is 5.32 Å². The second-order valence-electron chi connectivity index (χ2n) is 4.61. The first-order valence-corrected chi connectivity index (χ1v) is 7.25. The van der Waals surface area contributed by atoms with Crippen LogP contribution in [0.4, 0.5) is 0 Å². The third-order valence-electron chi connectivity index (χ3n) is 3.28. The predicted octanol–water partition coefficient (Wildman–Crippen LogP) is 2.38. The van der Waals surface area contributed by atoms with Gasteiger partial charge in [-0.3, -0.25) is 5.32 Å². The standard InChI is InChI=1S/C13H18N4S/c1-2-17-13(9-14)6-3-4-11(8-13)18-12-5-7-15-10-16-12/h5,7,10-11,17H,2-4,6,8H2,1H3. The van der Waals surface area contributed by atoms with Crippen LogP contribution in [0.25, 0.3) is 0 Å². The minimum Gasteiger partial charge on any atom is -0.300 e. The Morgan fingerprint density at radius 3 is 3.22 bits per heavy atom. The lowest BCUT2D eigenvalue weighted by Crippen LogP contribution is -2.48. The van der Waals surface area contributed by atoms with Crippen LogP contribution in [0.15, 0.2) is 23.6 Å². The van der Waals surface area contributed by atoms with E-state index in [2.05, 4.69) is 28.3 Å². The molecule has 0 radical (unpaired) electrons. The normalized spacial score (nSPS) is 27.7. The molecule has 1 aliphatic rings. The smallest absolute Gasteiger partial charge is 0.116 e. The maximum atomic E-state index is 9.41. The van der Waals surface area contributed by atoms with E-state index in [0.29, 0.717) is 5.25 Å². The van der Waals surface area contributed by atoms with Crippen molar-refractivity contribution in [2.24, 2.45) is 0 Å². The molecule has 1 saturated carbocycles. The molecule has 1 aromatic heterocycles. The van der Waals surface area contributed by atoms with Crippen molar-refractivity contribution in [3.8, 4) is 6.07 Å². The minimum absolute atomic E-state index is 0.336. The van der Waals surface area contributed by atoms with Crippen molar-refractivity contribution in [2.75, 3.05) is 6.54 Å². The molecule has 2 unspecified atom stereocenters. The first kappa shape index (κ1) is 13.3. The lowest BCUT2D eigenvalue weighted by Gasteiger charge is -2.35. The zero-order valence-electron chi connectivity index (χ0n) is 10.6. The molecular formula is C13H18N4S. The highest BCUT2D eigenvalue weighted by atomic mass is 32.2. The summed E-state index contributed by atoms with van der Waals surface area (Å²) in [6.45, 7) is 2.90. The number of hydrogen-bond donors (Lipinski definition) is 1. The summed E-state index contributed by atoms with van der Waals surface area (Å²) in [5, 5.41) is 14.2. The molecule has 0 amide bonds. The Morgan fingerprint density at radius 2 is 2.56 bits per heavy atom. The van der Waals surface area contributed by atoms with E-state index in [1.54, 1.807) is 24.3 Å². The maximum absolute atomic E-state index is 9.41. The van der Waals surface area contributed by atoms with Gasteiger partial charge in [-0.05, 0) is 38.3 Å². The summed E-state index contributed by atoms with van der Waals surface area (Å²) in [5.74, 6) is 0. The summed E-state index contributed by atoms with van der Waals surface area (Å²) in [6.07, 6.45) is 7.45. The molecule has 0 aliphatic heterocycles. The fourth-order valence-corrected chi connectivity index (χ4v) is 3.73. The van der Waals surface area contributed by atoms with Crippen LogP contribution in [0.5, 0.6) is 0 Å². The first-order chi connectivity index (χ1) is 8.78. The molecule has 0 spiro atoms. The van der Waals surface area contributed by atoms with E-state index >= 15 is 0 Å². The highest BCUT2D eigenvalue weighted by molar-refractivity contribution is 7.99. The Balaban J connectivity index is 2.01. The fraction of sp³-hybridized carbons (Fsp3) is 0.615. The molecule has 0 aromatic carbocycles. The molecule has 1 aliphatic carbocycles. The summed E-state index contributed by atoms with van der Waals surface area (Å²) in [7, 11) is 0. The van der Waals surface area contributed by atoms with Crippen LogP contribution in [-0.2, 0) is 0 Å². The fourth-order valence-electron chi connectivity index (χ4n) is 2.48. The molecule has 96 valence electrons. The lowest BCUT2D eigenvalue weighted by molar-refractivity contribution is 0.309.